The average Bonchev–Trinajstić information content (AvgIpc) is 3.57. The van der Waals surface area contributed by atoms with Crippen molar-refractivity contribution >= 4 is 39.5 Å². The molecule has 2 aliphatic carbocycles. The van der Waals surface area contributed by atoms with E-state index in [-0.39, 0.29) is 78.5 Å². The van der Waals surface area contributed by atoms with Crippen LogP contribution in [0.15, 0.2) is 36.4 Å². The maximum Gasteiger partial charge on any atom is 0.319 e. The number of ketones is 1. The summed E-state index contributed by atoms with van der Waals surface area (Å²) in [5.41, 5.74) is 4.75. The highest BCUT2D eigenvalue weighted by atomic mass is 16.7. The van der Waals surface area contributed by atoms with Crippen LogP contribution >= 0.6 is 0 Å². The Hall–Kier alpha value is -4.23. The molecule has 312 valence electrons. The van der Waals surface area contributed by atoms with Crippen LogP contribution in [0.25, 0.3) is 21.8 Å². The lowest BCUT2D eigenvalue weighted by molar-refractivity contribution is -0.284. The van der Waals surface area contributed by atoms with Crippen LogP contribution in [-0.2, 0) is 51.6 Å². The number of benzene rings is 2. The molecule has 0 radical (unpaired) electrons. The molecule has 1 spiro atoms. The van der Waals surface area contributed by atoms with Crippen LogP contribution in [0.3, 0.4) is 0 Å². The standard InChI is InChI=1S/C47H56N4O8/c1-8-25-18-26-21-45(43(53)56-6)40-29(15-16-51(41(25)45)33(26)17-23(2)52)28-13-14-34(55-5)37(39(28)49-40)31-19-35-46(44(54)57-7)22-58-42(47(35)24(3)59-47)50(4)36(46)20-30-27-11-9-10-12-32(27)48-38(30)31/h9-14,24-26,31,33,35-36,41-42,48-49H,8,15-22H2,1-7H3/t24-,25-,26+,31-,33+,35-,36-,41-,42-,45+,46-,47-/m0/s1. The fourth-order valence-corrected chi connectivity index (χ4v) is 14.6. The summed E-state index contributed by atoms with van der Waals surface area (Å²) in [6.45, 7) is 7.03. The Bertz CT molecular complexity index is 2440. The van der Waals surface area contributed by atoms with Gasteiger partial charge in [0.25, 0.3) is 0 Å². The molecular formula is C47H56N4O8. The number of ether oxygens (including phenoxy) is 5. The van der Waals surface area contributed by atoms with Gasteiger partial charge in [-0.15, -0.1) is 0 Å². The molecular weight excluding hydrogens is 749 g/mol. The van der Waals surface area contributed by atoms with E-state index in [1.807, 2.05) is 0 Å². The number of hydrogen-bond acceptors (Lipinski definition) is 10. The highest BCUT2D eigenvalue weighted by molar-refractivity contribution is 5.95. The lowest BCUT2D eigenvalue weighted by atomic mass is 9.54. The average molecular weight is 805 g/mol. The number of nitrogens with one attached hydrogen (secondary N) is 2. The van der Waals surface area contributed by atoms with Crippen LogP contribution in [0, 0.1) is 23.2 Å². The summed E-state index contributed by atoms with van der Waals surface area (Å²) >= 11 is 0. The van der Waals surface area contributed by atoms with Crippen molar-refractivity contribution in [1.82, 2.24) is 19.8 Å². The van der Waals surface area contributed by atoms with E-state index in [2.05, 4.69) is 77.1 Å². The van der Waals surface area contributed by atoms with Gasteiger partial charge in [-0.2, -0.15) is 0 Å². The third-order valence-electron chi connectivity index (χ3n) is 16.8. The summed E-state index contributed by atoms with van der Waals surface area (Å²) in [6.07, 6.45) is 4.57. The van der Waals surface area contributed by atoms with Crippen molar-refractivity contribution in [1.29, 1.82) is 0 Å². The van der Waals surface area contributed by atoms with E-state index in [0.29, 0.717) is 25.7 Å². The highest BCUT2D eigenvalue weighted by Crippen LogP contribution is 2.67. The van der Waals surface area contributed by atoms with Crippen LogP contribution in [0.5, 0.6) is 5.75 Å². The maximum absolute atomic E-state index is 14.7. The summed E-state index contributed by atoms with van der Waals surface area (Å²) in [4.78, 5) is 54.8. The third kappa shape index (κ3) is 4.61. The van der Waals surface area contributed by atoms with Gasteiger partial charge < -0.3 is 33.7 Å². The van der Waals surface area contributed by atoms with Gasteiger partial charge in [-0.05, 0) is 94.2 Å². The molecule has 1 unspecified atom stereocenters. The summed E-state index contributed by atoms with van der Waals surface area (Å²) < 4.78 is 31.3. The van der Waals surface area contributed by atoms with Crippen LogP contribution in [-0.4, -0.2) is 115 Å². The van der Waals surface area contributed by atoms with Gasteiger partial charge in [-0.3, -0.25) is 24.2 Å². The Labute approximate surface area is 344 Å². The van der Waals surface area contributed by atoms with Crippen molar-refractivity contribution in [3.05, 3.63) is 64.5 Å². The molecule has 2 aromatic carbocycles. The molecule has 9 aliphatic rings. The second-order valence-corrected chi connectivity index (χ2v) is 18.9. The Morgan fingerprint density at radius 1 is 0.983 bits per heavy atom. The number of piperidine rings is 3. The maximum atomic E-state index is 14.7. The molecule has 2 aromatic heterocycles. The fourth-order valence-electron chi connectivity index (χ4n) is 14.6. The molecule has 59 heavy (non-hydrogen) atoms. The van der Waals surface area contributed by atoms with Crippen molar-refractivity contribution in [3.8, 4) is 5.75 Å². The van der Waals surface area contributed by atoms with Gasteiger partial charge in [0.15, 0.2) is 0 Å². The number of carbonyl (C=O) groups is 3. The molecule has 4 aromatic rings. The summed E-state index contributed by atoms with van der Waals surface area (Å²) in [5.74, 6) is 0.430. The Morgan fingerprint density at radius 2 is 1.76 bits per heavy atom. The molecule has 7 aliphatic heterocycles. The lowest BCUT2D eigenvalue weighted by Gasteiger charge is -2.62. The number of fused-ring (bicyclic) bond motifs is 8. The number of methoxy groups -OCH3 is 3. The SMILES string of the molecule is CC[C@H]1C[C@@H]2C[C@@]3(C(=O)OC)c4[nH]c5c([C@@H]6C[C@H]7[C@@]8(C(=O)OC)CO[C@H](N(C)[C@H]8Cc8c6[nH]c6ccccc86)[C@@]76O[C@H]6C)c(OC)ccc5c4CCN([C@@H]2CC(C)=O)[C@@H]13. The molecule has 1 saturated carbocycles. The molecule has 0 amide bonds. The Morgan fingerprint density at radius 3 is 2.47 bits per heavy atom. The summed E-state index contributed by atoms with van der Waals surface area (Å²) in [5, 5.41) is 2.20. The van der Waals surface area contributed by atoms with Gasteiger partial charge in [-0.1, -0.05) is 31.5 Å². The van der Waals surface area contributed by atoms with E-state index in [9.17, 15) is 14.4 Å². The molecule has 7 fully saturated rings. The second kappa shape index (κ2) is 12.9. The zero-order chi connectivity index (χ0) is 40.9. The van der Waals surface area contributed by atoms with E-state index in [1.54, 1.807) is 14.0 Å². The van der Waals surface area contributed by atoms with Crippen molar-refractivity contribution in [2.75, 3.05) is 41.5 Å². The van der Waals surface area contributed by atoms with E-state index in [0.717, 1.165) is 75.9 Å². The van der Waals surface area contributed by atoms with E-state index >= 15 is 0 Å². The van der Waals surface area contributed by atoms with E-state index < -0.39 is 16.4 Å². The summed E-state index contributed by atoms with van der Waals surface area (Å²) in [6, 6.07) is 12.5. The number of aromatic amines is 2. The van der Waals surface area contributed by atoms with Gasteiger partial charge in [-0.25, -0.2) is 0 Å². The number of aromatic nitrogens is 2. The molecule has 12 heteroatoms. The third-order valence-corrected chi connectivity index (χ3v) is 16.8. The first kappa shape index (κ1) is 37.7. The first-order valence-corrected chi connectivity index (χ1v) is 21.7. The van der Waals surface area contributed by atoms with Crippen LogP contribution in [0.1, 0.15) is 86.9 Å². The number of carbonyl (C=O) groups excluding carboxylic acids is 3. The number of epoxide rings is 1. The summed E-state index contributed by atoms with van der Waals surface area (Å²) in [7, 11) is 6.82. The van der Waals surface area contributed by atoms with Crippen molar-refractivity contribution < 1.29 is 38.1 Å². The van der Waals surface area contributed by atoms with Crippen molar-refractivity contribution in [3.63, 3.8) is 0 Å². The van der Waals surface area contributed by atoms with E-state index in [4.69, 9.17) is 23.7 Å². The van der Waals surface area contributed by atoms with Gasteiger partial charge in [0.2, 0.25) is 0 Å². The number of hydrogen-bond donors (Lipinski definition) is 2. The smallest absolute Gasteiger partial charge is 0.319 e. The van der Waals surface area contributed by atoms with Crippen LogP contribution < -0.4 is 4.74 Å². The quantitative estimate of drug-likeness (QED) is 0.175. The van der Waals surface area contributed by atoms with Gasteiger partial charge in [0.05, 0.1) is 39.6 Å². The fraction of sp³-hybridized carbons (Fsp3) is 0.596. The monoisotopic (exact) mass is 804 g/mol. The van der Waals surface area contributed by atoms with Crippen molar-refractivity contribution in [2.45, 2.75) is 113 Å². The number of H-pyrrole nitrogens is 2. The zero-order valence-electron chi connectivity index (χ0n) is 35.2. The van der Waals surface area contributed by atoms with Gasteiger partial charge in [0, 0.05) is 76.2 Å². The lowest BCUT2D eigenvalue weighted by Crippen LogP contribution is -2.77. The molecule has 2 N–H and O–H groups in total. The predicted octanol–water partition coefficient (Wildman–Crippen LogP) is 5.77. The highest BCUT2D eigenvalue weighted by Gasteiger charge is 2.80. The number of nitrogens with zero attached hydrogens (tertiary/aromatic N) is 2. The largest absolute Gasteiger partial charge is 0.496 e. The normalized spacial score (nSPS) is 39.0. The minimum Gasteiger partial charge on any atom is -0.496 e. The molecule has 13 atom stereocenters. The van der Waals surface area contributed by atoms with Crippen LogP contribution in [0.4, 0.5) is 0 Å². The van der Waals surface area contributed by atoms with Crippen LogP contribution in [0.2, 0.25) is 0 Å². The topological polar surface area (TPSA) is 139 Å². The number of esters is 2. The first-order valence-electron chi connectivity index (χ1n) is 21.7. The minimum atomic E-state index is -0.989. The minimum absolute atomic E-state index is 0.101. The number of rotatable bonds is 7. The van der Waals surface area contributed by atoms with Crippen molar-refractivity contribution in [2.24, 2.45) is 23.2 Å². The second-order valence-electron chi connectivity index (χ2n) is 18.9. The predicted molar refractivity (Wildman–Crippen MR) is 219 cm³/mol. The Balaban J connectivity index is 1.17. The zero-order valence-corrected chi connectivity index (χ0v) is 35.2. The Kier molecular flexibility index (Phi) is 8.25. The molecule has 9 heterocycles. The molecule has 13 rings (SSSR count). The number of para-hydroxylation sites is 1. The first-order chi connectivity index (χ1) is 28.5. The van der Waals surface area contributed by atoms with Gasteiger partial charge in [0.1, 0.15) is 34.2 Å². The number of likely N-dealkylation sites (N-methyl/N-ethyl adjacent to an activating group) is 1. The molecule has 8 bridgehead atoms. The molecule has 12 nitrogen and oxygen atoms in total. The number of Topliss-reactive ketones (excluding diaryl/α,β-unsaturated/α-hetero) is 1. The van der Waals surface area contributed by atoms with E-state index in [1.165, 1.54) is 19.8 Å². The van der Waals surface area contributed by atoms with Gasteiger partial charge >= 0.3 is 11.9 Å². The molecule has 6 saturated heterocycles.